The van der Waals surface area contributed by atoms with Crippen molar-refractivity contribution in [2.75, 3.05) is 26.7 Å². The number of aryl methyl sites for hydroxylation is 1. The predicted molar refractivity (Wildman–Crippen MR) is 83.7 cm³/mol. The van der Waals surface area contributed by atoms with Gasteiger partial charge >= 0.3 is 0 Å². The van der Waals surface area contributed by atoms with Gasteiger partial charge < -0.3 is 10.2 Å². The summed E-state index contributed by atoms with van der Waals surface area (Å²) in [7, 11) is -1.59. The molecule has 0 unspecified atom stereocenters. The number of hydrogen-bond donors (Lipinski definition) is 3. The molecular weight excluding hydrogens is 290 g/mol. The monoisotopic (exact) mass is 317 g/mol. The van der Waals surface area contributed by atoms with E-state index in [2.05, 4.69) is 20.2 Å². The maximum atomic E-state index is 12.4. The van der Waals surface area contributed by atoms with Gasteiger partial charge in [0.25, 0.3) is 0 Å². The van der Waals surface area contributed by atoms with Crippen LogP contribution in [-0.4, -0.2) is 56.2 Å². The summed E-state index contributed by atoms with van der Waals surface area (Å²) in [5.41, 5.74) is 1.09. The van der Waals surface area contributed by atoms with E-state index in [-0.39, 0.29) is 10.9 Å². The normalized spacial score (nSPS) is 12.5. The van der Waals surface area contributed by atoms with Crippen LogP contribution in [0.1, 0.15) is 32.2 Å². The highest BCUT2D eigenvalue weighted by molar-refractivity contribution is 7.89. The first-order valence-electron chi connectivity index (χ1n) is 7.23. The Morgan fingerprint density at radius 3 is 2.62 bits per heavy atom. The van der Waals surface area contributed by atoms with E-state index in [0.29, 0.717) is 31.0 Å². The van der Waals surface area contributed by atoms with E-state index in [4.69, 9.17) is 0 Å². The SMILES string of the molecule is CCN(C)CCNS(=O)(=O)c1c(CNC(C)C)n[nH]c1C. The Morgan fingerprint density at radius 1 is 1.38 bits per heavy atom. The molecule has 0 aliphatic carbocycles. The zero-order valence-electron chi connectivity index (χ0n) is 13.5. The average Bonchev–Trinajstić information content (AvgIpc) is 2.77. The lowest BCUT2D eigenvalue weighted by Crippen LogP contribution is -2.33. The van der Waals surface area contributed by atoms with Gasteiger partial charge in [-0.1, -0.05) is 20.8 Å². The van der Waals surface area contributed by atoms with Crippen LogP contribution in [0.2, 0.25) is 0 Å². The molecule has 0 aliphatic rings. The Kier molecular flexibility index (Phi) is 6.79. The molecule has 0 aliphatic heterocycles. The smallest absolute Gasteiger partial charge is 0.244 e. The Bertz CT molecular complexity index is 539. The van der Waals surface area contributed by atoms with Crippen molar-refractivity contribution in [2.24, 2.45) is 0 Å². The largest absolute Gasteiger partial charge is 0.309 e. The van der Waals surface area contributed by atoms with Crippen molar-refractivity contribution < 1.29 is 8.42 Å². The fourth-order valence-corrected chi connectivity index (χ4v) is 3.23. The van der Waals surface area contributed by atoms with Crippen molar-refractivity contribution in [3.8, 4) is 0 Å². The maximum Gasteiger partial charge on any atom is 0.244 e. The molecule has 21 heavy (non-hydrogen) atoms. The van der Waals surface area contributed by atoms with Crippen molar-refractivity contribution in [2.45, 2.75) is 45.2 Å². The van der Waals surface area contributed by atoms with Crippen molar-refractivity contribution >= 4 is 10.0 Å². The molecule has 1 aromatic rings. The third-order valence-electron chi connectivity index (χ3n) is 3.23. The van der Waals surface area contributed by atoms with E-state index in [1.54, 1.807) is 6.92 Å². The summed E-state index contributed by atoms with van der Waals surface area (Å²) >= 11 is 0. The van der Waals surface area contributed by atoms with E-state index < -0.39 is 10.0 Å². The first-order chi connectivity index (χ1) is 9.77. The van der Waals surface area contributed by atoms with Crippen LogP contribution in [0.4, 0.5) is 0 Å². The lowest BCUT2D eigenvalue weighted by molar-refractivity contribution is 0.358. The number of nitrogens with zero attached hydrogens (tertiary/aromatic N) is 2. The first-order valence-corrected chi connectivity index (χ1v) is 8.71. The molecule has 7 nitrogen and oxygen atoms in total. The topological polar surface area (TPSA) is 90.1 Å². The van der Waals surface area contributed by atoms with Gasteiger partial charge in [-0.3, -0.25) is 5.10 Å². The number of rotatable bonds is 9. The number of likely N-dealkylation sites (N-methyl/N-ethyl adjacent to an activating group) is 1. The van der Waals surface area contributed by atoms with E-state index in [9.17, 15) is 8.42 Å². The van der Waals surface area contributed by atoms with E-state index in [1.807, 2.05) is 32.7 Å². The summed E-state index contributed by atoms with van der Waals surface area (Å²) in [6.45, 7) is 10.1. The van der Waals surface area contributed by atoms with E-state index >= 15 is 0 Å². The van der Waals surface area contributed by atoms with Gasteiger partial charge in [-0.15, -0.1) is 0 Å². The van der Waals surface area contributed by atoms with Gasteiger partial charge in [0.05, 0.1) is 11.4 Å². The van der Waals surface area contributed by atoms with Crippen molar-refractivity contribution in [3.05, 3.63) is 11.4 Å². The minimum absolute atomic E-state index is 0.259. The third kappa shape index (κ3) is 5.39. The van der Waals surface area contributed by atoms with Crippen molar-refractivity contribution in [1.29, 1.82) is 0 Å². The summed E-state index contributed by atoms with van der Waals surface area (Å²) in [6.07, 6.45) is 0. The highest BCUT2D eigenvalue weighted by Crippen LogP contribution is 2.17. The molecule has 0 atom stereocenters. The molecule has 0 aromatic carbocycles. The Balaban J connectivity index is 2.80. The molecule has 0 bridgehead atoms. The zero-order chi connectivity index (χ0) is 16.0. The van der Waals surface area contributed by atoms with Gasteiger partial charge in [-0.25, -0.2) is 13.1 Å². The summed E-state index contributed by atoms with van der Waals surface area (Å²) in [6, 6.07) is 0.267. The van der Waals surface area contributed by atoms with Crippen LogP contribution in [-0.2, 0) is 16.6 Å². The van der Waals surface area contributed by atoms with Gasteiger partial charge in [0.2, 0.25) is 10.0 Å². The van der Waals surface area contributed by atoms with Crippen LogP contribution < -0.4 is 10.0 Å². The van der Waals surface area contributed by atoms with Crippen LogP contribution in [0.3, 0.4) is 0 Å². The molecule has 0 radical (unpaired) electrons. The lowest BCUT2D eigenvalue weighted by atomic mass is 10.3. The average molecular weight is 317 g/mol. The molecule has 122 valence electrons. The number of aromatic nitrogens is 2. The molecule has 0 amide bonds. The minimum Gasteiger partial charge on any atom is -0.309 e. The molecule has 0 spiro atoms. The molecule has 1 aromatic heterocycles. The standard InChI is InChI=1S/C13H27N5O2S/c1-6-18(5)8-7-15-21(19,20)13-11(4)16-17-12(13)9-14-10(2)3/h10,14-15H,6-9H2,1-5H3,(H,16,17). The molecule has 3 N–H and O–H groups in total. The third-order valence-corrected chi connectivity index (χ3v) is 4.90. The summed E-state index contributed by atoms with van der Waals surface area (Å²) < 4.78 is 27.5. The predicted octanol–water partition coefficient (Wildman–Crippen LogP) is 0.446. The molecular formula is C13H27N5O2S. The maximum absolute atomic E-state index is 12.4. The Hall–Kier alpha value is -0.960. The molecule has 1 rings (SSSR count). The van der Waals surface area contributed by atoms with Crippen LogP contribution in [0, 0.1) is 6.92 Å². The van der Waals surface area contributed by atoms with Crippen LogP contribution in [0.25, 0.3) is 0 Å². The number of H-pyrrole nitrogens is 1. The van der Waals surface area contributed by atoms with E-state index in [0.717, 1.165) is 6.54 Å². The van der Waals surface area contributed by atoms with Crippen LogP contribution in [0.15, 0.2) is 4.90 Å². The fraction of sp³-hybridized carbons (Fsp3) is 0.769. The molecule has 0 fully saturated rings. The van der Waals surface area contributed by atoms with Gasteiger partial charge in [0.15, 0.2) is 0 Å². The number of sulfonamides is 1. The highest BCUT2D eigenvalue weighted by atomic mass is 32.2. The number of nitrogens with one attached hydrogen (secondary N) is 3. The summed E-state index contributed by atoms with van der Waals surface area (Å²) in [5, 5.41) is 10.0. The van der Waals surface area contributed by atoms with E-state index in [1.165, 1.54) is 0 Å². The number of aromatic amines is 1. The first kappa shape index (κ1) is 18.1. The van der Waals surface area contributed by atoms with Gasteiger partial charge in [0.1, 0.15) is 4.90 Å². The second-order valence-corrected chi connectivity index (χ2v) is 7.16. The summed E-state index contributed by atoms with van der Waals surface area (Å²) in [4.78, 5) is 2.31. The summed E-state index contributed by atoms with van der Waals surface area (Å²) in [5.74, 6) is 0. The number of hydrogen-bond acceptors (Lipinski definition) is 5. The van der Waals surface area contributed by atoms with Crippen molar-refractivity contribution in [3.63, 3.8) is 0 Å². The lowest BCUT2D eigenvalue weighted by Gasteiger charge is -2.14. The second kappa shape index (κ2) is 7.88. The van der Waals surface area contributed by atoms with Gasteiger partial charge in [-0.2, -0.15) is 5.10 Å². The second-order valence-electron chi connectivity index (χ2n) is 5.45. The quantitative estimate of drug-likeness (QED) is 0.615. The molecule has 0 saturated carbocycles. The zero-order valence-corrected chi connectivity index (χ0v) is 14.3. The van der Waals surface area contributed by atoms with Gasteiger partial charge in [0, 0.05) is 25.7 Å². The molecule has 8 heteroatoms. The van der Waals surface area contributed by atoms with Crippen molar-refractivity contribution in [1.82, 2.24) is 25.1 Å². The van der Waals surface area contributed by atoms with Crippen LogP contribution in [0.5, 0.6) is 0 Å². The highest BCUT2D eigenvalue weighted by Gasteiger charge is 2.23. The molecule has 1 heterocycles. The van der Waals surface area contributed by atoms with Gasteiger partial charge in [-0.05, 0) is 20.5 Å². The minimum atomic E-state index is -3.54. The Morgan fingerprint density at radius 2 is 2.05 bits per heavy atom. The van der Waals surface area contributed by atoms with Crippen LogP contribution >= 0.6 is 0 Å². The Labute approximate surface area is 127 Å². The fourth-order valence-electron chi connectivity index (χ4n) is 1.85. The molecule has 0 saturated heterocycles.